The summed E-state index contributed by atoms with van der Waals surface area (Å²) in [5.74, 6) is 0.559. The molecule has 2 aromatic rings. The molecule has 0 saturated heterocycles. The van der Waals surface area contributed by atoms with Crippen molar-refractivity contribution in [3.05, 3.63) is 36.2 Å². The Balaban J connectivity index is 2.02. The zero-order chi connectivity index (χ0) is 13.1. The van der Waals surface area contributed by atoms with Crippen molar-refractivity contribution in [3.8, 4) is 0 Å². The molecular weight excluding hydrogens is 232 g/mol. The molecule has 0 radical (unpaired) electrons. The third kappa shape index (κ3) is 2.57. The van der Waals surface area contributed by atoms with E-state index < -0.39 is 6.04 Å². The predicted molar refractivity (Wildman–Crippen MR) is 65.2 cm³/mol. The Morgan fingerprint density at radius 1 is 1.67 bits per heavy atom. The van der Waals surface area contributed by atoms with Gasteiger partial charge < -0.3 is 15.6 Å². The monoisotopic (exact) mass is 248 g/mol. The molecule has 96 valence electrons. The minimum Gasteiger partial charge on any atom is -0.347 e. The quantitative estimate of drug-likeness (QED) is 0.783. The first-order chi connectivity index (χ1) is 8.58. The molecule has 1 amide bonds. The van der Waals surface area contributed by atoms with Crippen LogP contribution in [0.5, 0.6) is 0 Å². The van der Waals surface area contributed by atoms with Crippen molar-refractivity contribution in [2.45, 2.75) is 12.6 Å². The molecule has 1 unspecified atom stereocenters. The number of nitrogens with two attached hydrogens (primary N) is 1. The molecule has 0 aliphatic carbocycles. The first kappa shape index (κ1) is 12.3. The zero-order valence-electron chi connectivity index (χ0n) is 10.4. The number of carbonyl (C=O) groups is 1. The third-order valence-corrected chi connectivity index (χ3v) is 2.67. The summed E-state index contributed by atoms with van der Waals surface area (Å²) in [7, 11) is 3.48. The molecule has 3 N–H and O–H groups in total. The Hall–Kier alpha value is -2.15. The van der Waals surface area contributed by atoms with E-state index in [4.69, 9.17) is 5.73 Å². The lowest BCUT2D eigenvalue weighted by molar-refractivity contribution is -0.132. The first-order valence-electron chi connectivity index (χ1n) is 5.55. The summed E-state index contributed by atoms with van der Waals surface area (Å²) in [4.78, 5) is 20.7. The fraction of sp³-hybridized carbons (Fsp3) is 0.364. The Labute approximate surface area is 105 Å². The van der Waals surface area contributed by atoms with E-state index in [1.54, 1.807) is 43.6 Å². The van der Waals surface area contributed by atoms with Gasteiger partial charge in [-0.05, 0) is 0 Å². The maximum Gasteiger partial charge on any atom is 0.244 e. The van der Waals surface area contributed by atoms with Gasteiger partial charge in [0.05, 0.1) is 12.7 Å². The molecule has 0 bridgehead atoms. The summed E-state index contributed by atoms with van der Waals surface area (Å²) >= 11 is 0. The highest BCUT2D eigenvalue weighted by atomic mass is 16.2. The SMILES string of the molecule is CN(Cc1ncc[nH]1)C(=O)C(N)c1cnn(C)c1. The molecule has 0 aliphatic heterocycles. The maximum absolute atomic E-state index is 12.1. The van der Waals surface area contributed by atoms with Gasteiger partial charge in [0.2, 0.25) is 5.91 Å². The number of nitrogens with zero attached hydrogens (tertiary/aromatic N) is 4. The number of aromatic nitrogens is 4. The number of aromatic amines is 1. The summed E-state index contributed by atoms with van der Waals surface area (Å²) in [5.41, 5.74) is 6.61. The van der Waals surface area contributed by atoms with Gasteiger partial charge in [0.15, 0.2) is 0 Å². The van der Waals surface area contributed by atoms with E-state index in [0.29, 0.717) is 12.1 Å². The molecule has 0 fully saturated rings. The standard InChI is InChI=1S/C11H16N6O/c1-16(7-9-13-3-4-14-9)11(18)10(12)8-5-15-17(2)6-8/h3-6,10H,7,12H2,1-2H3,(H,13,14). The molecule has 0 spiro atoms. The average Bonchev–Trinajstić information content (AvgIpc) is 2.98. The Kier molecular flexibility index (Phi) is 3.42. The number of carbonyl (C=O) groups excluding carboxylic acids is 1. The van der Waals surface area contributed by atoms with Crippen molar-refractivity contribution in [2.75, 3.05) is 7.05 Å². The van der Waals surface area contributed by atoms with Crippen LogP contribution in [0.1, 0.15) is 17.4 Å². The number of nitrogens with one attached hydrogen (secondary N) is 1. The van der Waals surface area contributed by atoms with E-state index in [1.165, 1.54) is 4.90 Å². The number of hydrogen-bond acceptors (Lipinski definition) is 4. The summed E-state index contributed by atoms with van der Waals surface area (Å²) in [6, 6.07) is -0.696. The maximum atomic E-state index is 12.1. The molecule has 7 heteroatoms. The largest absolute Gasteiger partial charge is 0.347 e. The van der Waals surface area contributed by atoms with Crippen molar-refractivity contribution in [3.63, 3.8) is 0 Å². The lowest BCUT2D eigenvalue weighted by Crippen LogP contribution is -2.35. The van der Waals surface area contributed by atoms with Gasteiger partial charge in [-0.15, -0.1) is 0 Å². The van der Waals surface area contributed by atoms with Crippen LogP contribution in [0.25, 0.3) is 0 Å². The van der Waals surface area contributed by atoms with Gasteiger partial charge in [-0.2, -0.15) is 5.10 Å². The highest BCUT2D eigenvalue weighted by Crippen LogP contribution is 2.12. The first-order valence-corrected chi connectivity index (χ1v) is 5.55. The number of H-pyrrole nitrogens is 1. The van der Waals surface area contributed by atoms with Gasteiger partial charge in [0.1, 0.15) is 11.9 Å². The van der Waals surface area contributed by atoms with Gasteiger partial charge in [0, 0.05) is 38.2 Å². The van der Waals surface area contributed by atoms with Gasteiger partial charge in [0.25, 0.3) is 0 Å². The molecule has 0 saturated carbocycles. The number of hydrogen-bond donors (Lipinski definition) is 2. The molecule has 0 aromatic carbocycles. The zero-order valence-corrected chi connectivity index (χ0v) is 10.4. The molecule has 2 rings (SSSR count). The summed E-state index contributed by atoms with van der Waals surface area (Å²) in [6.07, 6.45) is 6.70. The number of likely N-dealkylation sites (N-methyl/N-ethyl adjacent to an activating group) is 1. The third-order valence-electron chi connectivity index (χ3n) is 2.67. The summed E-state index contributed by atoms with van der Waals surface area (Å²) < 4.78 is 1.62. The molecular formula is C11H16N6O. The van der Waals surface area contributed by atoms with Gasteiger partial charge in [-0.1, -0.05) is 0 Å². The Bertz CT molecular complexity index is 517. The van der Waals surface area contributed by atoms with E-state index in [1.807, 2.05) is 0 Å². The normalized spacial score (nSPS) is 12.4. The van der Waals surface area contributed by atoms with Gasteiger partial charge in [-0.25, -0.2) is 4.98 Å². The Morgan fingerprint density at radius 2 is 2.44 bits per heavy atom. The van der Waals surface area contributed by atoms with Crippen molar-refractivity contribution >= 4 is 5.91 Å². The van der Waals surface area contributed by atoms with Crippen LogP contribution >= 0.6 is 0 Å². The van der Waals surface area contributed by atoms with Crippen LogP contribution in [-0.4, -0.2) is 37.6 Å². The molecule has 0 aliphatic rings. The van der Waals surface area contributed by atoms with Crippen LogP contribution in [0.3, 0.4) is 0 Å². The second-order valence-corrected chi connectivity index (χ2v) is 4.16. The van der Waals surface area contributed by atoms with Crippen molar-refractivity contribution in [1.82, 2.24) is 24.6 Å². The highest BCUT2D eigenvalue weighted by Gasteiger charge is 2.21. The minimum atomic E-state index is -0.696. The fourth-order valence-corrected chi connectivity index (χ4v) is 1.67. The second kappa shape index (κ2) is 5.01. The fourth-order valence-electron chi connectivity index (χ4n) is 1.67. The van der Waals surface area contributed by atoms with E-state index in [0.717, 1.165) is 5.82 Å². The number of amides is 1. The lowest BCUT2D eigenvalue weighted by atomic mass is 10.1. The Morgan fingerprint density at radius 3 is 3.00 bits per heavy atom. The van der Waals surface area contributed by atoms with Crippen LogP contribution in [0.2, 0.25) is 0 Å². The summed E-state index contributed by atoms with van der Waals surface area (Å²) in [5, 5.41) is 4.00. The van der Waals surface area contributed by atoms with E-state index in [2.05, 4.69) is 15.1 Å². The number of imidazole rings is 1. The molecule has 2 aromatic heterocycles. The van der Waals surface area contributed by atoms with Crippen LogP contribution in [-0.2, 0) is 18.4 Å². The topological polar surface area (TPSA) is 92.8 Å². The van der Waals surface area contributed by atoms with Crippen LogP contribution in [0, 0.1) is 0 Å². The molecule has 18 heavy (non-hydrogen) atoms. The predicted octanol–water partition coefficient (Wildman–Crippen LogP) is -0.198. The molecule has 2 heterocycles. The average molecular weight is 248 g/mol. The molecule has 1 atom stereocenters. The molecule has 7 nitrogen and oxygen atoms in total. The smallest absolute Gasteiger partial charge is 0.244 e. The van der Waals surface area contributed by atoms with E-state index in [9.17, 15) is 4.79 Å². The van der Waals surface area contributed by atoms with Crippen LogP contribution < -0.4 is 5.73 Å². The minimum absolute atomic E-state index is 0.167. The summed E-state index contributed by atoms with van der Waals surface area (Å²) in [6.45, 7) is 0.403. The van der Waals surface area contributed by atoms with E-state index >= 15 is 0 Å². The number of rotatable bonds is 4. The van der Waals surface area contributed by atoms with Gasteiger partial charge in [-0.3, -0.25) is 9.48 Å². The van der Waals surface area contributed by atoms with Crippen LogP contribution in [0.15, 0.2) is 24.8 Å². The van der Waals surface area contributed by atoms with E-state index in [-0.39, 0.29) is 5.91 Å². The van der Waals surface area contributed by atoms with Crippen LogP contribution in [0.4, 0.5) is 0 Å². The second-order valence-electron chi connectivity index (χ2n) is 4.16. The highest BCUT2D eigenvalue weighted by molar-refractivity contribution is 5.82. The number of aryl methyl sites for hydroxylation is 1. The van der Waals surface area contributed by atoms with Crippen molar-refractivity contribution in [1.29, 1.82) is 0 Å². The van der Waals surface area contributed by atoms with Crippen molar-refractivity contribution < 1.29 is 4.79 Å². The van der Waals surface area contributed by atoms with Gasteiger partial charge >= 0.3 is 0 Å². The lowest BCUT2D eigenvalue weighted by Gasteiger charge is -2.19. The van der Waals surface area contributed by atoms with Crippen molar-refractivity contribution in [2.24, 2.45) is 12.8 Å².